The Kier molecular flexibility index (Phi) is 5.62. The van der Waals surface area contributed by atoms with Crippen molar-refractivity contribution in [1.29, 1.82) is 0 Å². The Morgan fingerprint density at radius 2 is 1.90 bits per heavy atom. The summed E-state index contributed by atoms with van der Waals surface area (Å²) in [6, 6.07) is 8.45. The highest BCUT2D eigenvalue weighted by Crippen LogP contribution is 2.33. The second-order valence-electron chi connectivity index (χ2n) is 5.97. The lowest BCUT2D eigenvalue weighted by Gasteiger charge is -2.42. The molecule has 1 saturated heterocycles. The van der Waals surface area contributed by atoms with Gasteiger partial charge in [-0.25, -0.2) is 0 Å². The normalized spacial score (nSPS) is 26.3. The standard InChI is InChI=1S/C17H28N2O2/c1-5-15(18)17(14-8-6-7-9-16(14)20-4)19-10-12(2)21-13(3)11-19/h6-9,12-13,15,17H,5,10-11,18H2,1-4H3/t12-,13+,15?,17?. The molecule has 21 heavy (non-hydrogen) atoms. The van der Waals surface area contributed by atoms with Crippen molar-refractivity contribution in [2.75, 3.05) is 20.2 Å². The summed E-state index contributed by atoms with van der Waals surface area (Å²) in [6.45, 7) is 8.20. The summed E-state index contributed by atoms with van der Waals surface area (Å²) in [4.78, 5) is 2.45. The van der Waals surface area contributed by atoms with E-state index in [4.69, 9.17) is 15.2 Å². The third-order valence-electron chi connectivity index (χ3n) is 4.18. The van der Waals surface area contributed by atoms with Crippen molar-refractivity contribution in [1.82, 2.24) is 4.90 Å². The van der Waals surface area contributed by atoms with E-state index >= 15 is 0 Å². The van der Waals surface area contributed by atoms with E-state index in [1.54, 1.807) is 7.11 Å². The smallest absolute Gasteiger partial charge is 0.123 e. The number of hydrogen-bond acceptors (Lipinski definition) is 4. The summed E-state index contributed by atoms with van der Waals surface area (Å²) in [5.41, 5.74) is 7.63. The Hall–Kier alpha value is -1.10. The molecule has 4 atom stereocenters. The molecule has 0 spiro atoms. The average Bonchev–Trinajstić information content (AvgIpc) is 2.46. The highest BCUT2D eigenvalue weighted by molar-refractivity contribution is 5.37. The minimum Gasteiger partial charge on any atom is -0.496 e. The van der Waals surface area contributed by atoms with Gasteiger partial charge in [-0.3, -0.25) is 4.90 Å². The molecule has 118 valence electrons. The topological polar surface area (TPSA) is 47.7 Å². The molecule has 4 nitrogen and oxygen atoms in total. The summed E-state index contributed by atoms with van der Waals surface area (Å²) < 4.78 is 11.4. The first-order valence-corrected chi connectivity index (χ1v) is 7.84. The number of methoxy groups -OCH3 is 1. The van der Waals surface area contributed by atoms with Crippen molar-refractivity contribution in [2.24, 2.45) is 5.73 Å². The van der Waals surface area contributed by atoms with E-state index < -0.39 is 0 Å². The number of morpholine rings is 1. The Labute approximate surface area is 128 Å². The predicted molar refractivity (Wildman–Crippen MR) is 85.6 cm³/mol. The van der Waals surface area contributed by atoms with Gasteiger partial charge in [-0.15, -0.1) is 0 Å². The molecule has 0 aromatic heterocycles. The van der Waals surface area contributed by atoms with E-state index in [1.165, 1.54) is 5.56 Å². The van der Waals surface area contributed by atoms with E-state index in [0.29, 0.717) is 0 Å². The molecule has 0 bridgehead atoms. The molecule has 2 N–H and O–H groups in total. The number of nitrogens with zero attached hydrogens (tertiary/aromatic N) is 1. The van der Waals surface area contributed by atoms with Crippen LogP contribution in [-0.4, -0.2) is 43.3 Å². The molecular weight excluding hydrogens is 264 g/mol. The van der Waals surface area contributed by atoms with Crippen LogP contribution in [0.5, 0.6) is 5.75 Å². The van der Waals surface area contributed by atoms with Crippen molar-refractivity contribution >= 4 is 0 Å². The van der Waals surface area contributed by atoms with Crippen LogP contribution in [0.25, 0.3) is 0 Å². The summed E-state index contributed by atoms with van der Waals surface area (Å²) in [7, 11) is 1.72. The fraction of sp³-hybridized carbons (Fsp3) is 0.647. The lowest BCUT2D eigenvalue weighted by atomic mass is 9.94. The summed E-state index contributed by atoms with van der Waals surface area (Å²) in [5, 5.41) is 0. The first-order chi connectivity index (χ1) is 10.1. The van der Waals surface area contributed by atoms with Crippen LogP contribution in [0.4, 0.5) is 0 Å². The van der Waals surface area contributed by atoms with Gasteiger partial charge in [-0.1, -0.05) is 25.1 Å². The Morgan fingerprint density at radius 1 is 1.29 bits per heavy atom. The van der Waals surface area contributed by atoms with Crippen molar-refractivity contribution in [3.05, 3.63) is 29.8 Å². The summed E-state index contributed by atoms with van der Waals surface area (Å²) in [5.74, 6) is 0.915. The molecule has 1 aliphatic heterocycles. The number of nitrogens with two attached hydrogens (primary N) is 1. The zero-order valence-corrected chi connectivity index (χ0v) is 13.6. The molecule has 1 aromatic rings. The zero-order valence-electron chi connectivity index (χ0n) is 13.6. The van der Waals surface area contributed by atoms with Gasteiger partial charge in [0.2, 0.25) is 0 Å². The highest BCUT2D eigenvalue weighted by atomic mass is 16.5. The van der Waals surface area contributed by atoms with Gasteiger partial charge in [0.25, 0.3) is 0 Å². The lowest BCUT2D eigenvalue weighted by molar-refractivity contribution is -0.0840. The minimum absolute atomic E-state index is 0.0822. The molecule has 0 radical (unpaired) electrons. The second-order valence-corrected chi connectivity index (χ2v) is 5.97. The second kappa shape index (κ2) is 7.25. The van der Waals surface area contributed by atoms with Crippen molar-refractivity contribution in [2.45, 2.75) is 51.5 Å². The van der Waals surface area contributed by atoms with E-state index in [-0.39, 0.29) is 24.3 Å². The van der Waals surface area contributed by atoms with Crippen molar-refractivity contribution < 1.29 is 9.47 Å². The van der Waals surface area contributed by atoms with Gasteiger partial charge >= 0.3 is 0 Å². The van der Waals surface area contributed by atoms with Gasteiger partial charge in [0.05, 0.1) is 25.4 Å². The molecular formula is C17H28N2O2. The SMILES string of the molecule is CCC(N)C(c1ccccc1OC)N1C[C@@H](C)O[C@@H](C)C1. The molecule has 2 rings (SSSR count). The van der Waals surface area contributed by atoms with Gasteiger partial charge in [0, 0.05) is 24.7 Å². The van der Waals surface area contributed by atoms with Crippen LogP contribution in [-0.2, 0) is 4.74 Å². The van der Waals surface area contributed by atoms with Crippen LogP contribution in [0.3, 0.4) is 0 Å². The summed E-state index contributed by atoms with van der Waals surface area (Å²) >= 11 is 0. The van der Waals surface area contributed by atoms with Gasteiger partial charge in [-0.2, -0.15) is 0 Å². The predicted octanol–water partition coefficient (Wildman–Crippen LogP) is 2.58. The first-order valence-electron chi connectivity index (χ1n) is 7.84. The average molecular weight is 292 g/mol. The van der Waals surface area contributed by atoms with Crippen LogP contribution in [0.2, 0.25) is 0 Å². The minimum atomic E-state index is 0.0822. The number of hydrogen-bond donors (Lipinski definition) is 1. The molecule has 0 amide bonds. The monoisotopic (exact) mass is 292 g/mol. The molecule has 1 heterocycles. The number of benzene rings is 1. The number of rotatable bonds is 5. The molecule has 1 fully saturated rings. The van der Waals surface area contributed by atoms with Gasteiger partial charge in [0.1, 0.15) is 5.75 Å². The zero-order chi connectivity index (χ0) is 15.4. The largest absolute Gasteiger partial charge is 0.496 e. The fourth-order valence-electron chi connectivity index (χ4n) is 3.28. The van der Waals surface area contributed by atoms with Crippen LogP contribution in [0.1, 0.15) is 38.8 Å². The van der Waals surface area contributed by atoms with Crippen LogP contribution < -0.4 is 10.5 Å². The van der Waals surface area contributed by atoms with Gasteiger partial charge in [0.15, 0.2) is 0 Å². The maximum atomic E-state index is 6.46. The van der Waals surface area contributed by atoms with E-state index in [9.17, 15) is 0 Å². The van der Waals surface area contributed by atoms with Gasteiger partial charge < -0.3 is 15.2 Å². The van der Waals surface area contributed by atoms with E-state index in [1.807, 2.05) is 12.1 Å². The molecule has 4 heteroatoms. The van der Waals surface area contributed by atoms with E-state index in [0.717, 1.165) is 25.3 Å². The lowest BCUT2D eigenvalue weighted by Crippen LogP contribution is -2.51. The quantitative estimate of drug-likeness (QED) is 0.906. The van der Waals surface area contributed by atoms with E-state index in [2.05, 4.69) is 37.8 Å². The third-order valence-corrected chi connectivity index (χ3v) is 4.18. The van der Waals surface area contributed by atoms with Crippen LogP contribution >= 0.6 is 0 Å². The molecule has 2 unspecified atom stereocenters. The summed E-state index contributed by atoms with van der Waals surface area (Å²) in [6.07, 6.45) is 1.40. The molecule has 1 aromatic carbocycles. The van der Waals surface area contributed by atoms with Gasteiger partial charge in [-0.05, 0) is 26.3 Å². The third kappa shape index (κ3) is 3.76. The maximum Gasteiger partial charge on any atom is 0.123 e. The van der Waals surface area contributed by atoms with Crippen molar-refractivity contribution in [3.8, 4) is 5.75 Å². The first kappa shape index (κ1) is 16.3. The maximum absolute atomic E-state index is 6.46. The molecule has 1 aliphatic rings. The number of ether oxygens (including phenoxy) is 2. The molecule has 0 saturated carbocycles. The fourth-order valence-corrected chi connectivity index (χ4v) is 3.28. The Bertz CT molecular complexity index is 442. The number of para-hydroxylation sites is 1. The molecule has 0 aliphatic carbocycles. The Morgan fingerprint density at radius 3 is 2.48 bits per heavy atom. The Balaban J connectivity index is 2.34. The highest BCUT2D eigenvalue weighted by Gasteiger charge is 2.33. The van der Waals surface area contributed by atoms with Crippen molar-refractivity contribution in [3.63, 3.8) is 0 Å². The van der Waals surface area contributed by atoms with Crippen LogP contribution in [0, 0.1) is 0 Å². The van der Waals surface area contributed by atoms with Crippen LogP contribution in [0.15, 0.2) is 24.3 Å².